The van der Waals surface area contributed by atoms with E-state index >= 15 is 0 Å². The largest absolute Gasteiger partial charge is 0.459 e. The van der Waals surface area contributed by atoms with Crippen molar-refractivity contribution in [2.45, 2.75) is 65.5 Å². The van der Waals surface area contributed by atoms with Gasteiger partial charge in [0, 0.05) is 31.8 Å². The Labute approximate surface area is 216 Å². The minimum absolute atomic E-state index is 0.101. The molecule has 1 saturated heterocycles. The Morgan fingerprint density at radius 2 is 2.08 bits per heavy atom. The summed E-state index contributed by atoms with van der Waals surface area (Å²) in [7, 11) is 0. The highest BCUT2D eigenvalue weighted by Gasteiger charge is 2.41. The zero-order chi connectivity index (χ0) is 25.8. The van der Waals surface area contributed by atoms with Crippen molar-refractivity contribution in [3.63, 3.8) is 0 Å². The van der Waals surface area contributed by atoms with E-state index in [2.05, 4.69) is 11.4 Å². The van der Waals surface area contributed by atoms with E-state index in [0.29, 0.717) is 30.8 Å². The summed E-state index contributed by atoms with van der Waals surface area (Å²) >= 11 is 1.46. The monoisotopic (exact) mass is 510 g/mol. The van der Waals surface area contributed by atoms with E-state index in [-0.39, 0.29) is 24.3 Å². The number of aliphatic imine (C=N–C) groups is 1. The highest BCUT2D eigenvalue weighted by molar-refractivity contribution is 8.16. The van der Waals surface area contributed by atoms with Gasteiger partial charge in [-0.2, -0.15) is 0 Å². The lowest BCUT2D eigenvalue weighted by Gasteiger charge is -2.36. The van der Waals surface area contributed by atoms with E-state index in [9.17, 15) is 14.4 Å². The zero-order valence-corrected chi connectivity index (χ0v) is 22.2. The van der Waals surface area contributed by atoms with Gasteiger partial charge in [-0.25, -0.2) is 9.79 Å². The van der Waals surface area contributed by atoms with Crippen molar-refractivity contribution in [1.29, 1.82) is 0 Å². The fourth-order valence-electron chi connectivity index (χ4n) is 4.73. The molecule has 192 valence electrons. The molecule has 3 aliphatic rings. The van der Waals surface area contributed by atoms with Gasteiger partial charge in [-0.15, -0.1) is 0 Å². The Bertz CT molecular complexity index is 1140. The molecule has 1 N–H and O–H groups in total. The molecule has 3 aliphatic heterocycles. The Morgan fingerprint density at radius 3 is 2.78 bits per heavy atom. The molecule has 1 fully saturated rings. The van der Waals surface area contributed by atoms with E-state index in [1.54, 1.807) is 0 Å². The summed E-state index contributed by atoms with van der Waals surface area (Å²) in [5.41, 5.74) is 3.93. The molecule has 0 aliphatic carbocycles. The topological polar surface area (TPSA) is 91.3 Å². The van der Waals surface area contributed by atoms with Crippen molar-refractivity contribution < 1.29 is 19.1 Å². The smallest absolute Gasteiger partial charge is 0.338 e. The third-order valence-electron chi connectivity index (χ3n) is 6.36. The molecule has 0 aromatic heterocycles. The third kappa shape index (κ3) is 5.83. The van der Waals surface area contributed by atoms with Crippen LogP contribution < -0.4 is 5.32 Å². The second kappa shape index (κ2) is 11.3. The zero-order valence-electron chi connectivity index (χ0n) is 21.4. The summed E-state index contributed by atoms with van der Waals surface area (Å²) in [6.45, 7) is 9.49. The minimum atomic E-state index is -0.432. The molecule has 8 nitrogen and oxygen atoms in total. The van der Waals surface area contributed by atoms with Crippen LogP contribution in [0.1, 0.15) is 63.6 Å². The van der Waals surface area contributed by atoms with Gasteiger partial charge in [0.1, 0.15) is 0 Å². The second-order valence-corrected chi connectivity index (χ2v) is 10.5. The van der Waals surface area contributed by atoms with Gasteiger partial charge in [-0.1, -0.05) is 41.6 Å². The Balaban J connectivity index is 1.49. The Hall–Kier alpha value is -3.07. The van der Waals surface area contributed by atoms with Crippen LogP contribution in [0.5, 0.6) is 0 Å². The van der Waals surface area contributed by atoms with Crippen LogP contribution in [-0.4, -0.2) is 58.5 Å². The number of benzene rings is 1. The number of allylic oxidation sites excluding steroid dienone is 1. The number of nitrogens with zero attached hydrogens (tertiary/aromatic N) is 3. The van der Waals surface area contributed by atoms with Gasteiger partial charge >= 0.3 is 5.97 Å². The first-order valence-corrected chi connectivity index (χ1v) is 13.4. The molecule has 1 aromatic rings. The molecule has 1 unspecified atom stereocenters. The molecule has 9 heteroatoms. The summed E-state index contributed by atoms with van der Waals surface area (Å²) in [6, 6.07) is 7.61. The maximum absolute atomic E-state index is 13.2. The predicted molar refractivity (Wildman–Crippen MR) is 141 cm³/mol. The maximum Gasteiger partial charge on any atom is 0.338 e. The highest BCUT2D eigenvalue weighted by Crippen LogP contribution is 2.45. The van der Waals surface area contributed by atoms with E-state index in [0.717, 1.165) is 41.4 Å². The van der Waals surface area contributed by atoms with Crippen molar-refractivity contribution in [2.75, 3.05) is 19.6 Å². The van der Waals surface area contributed by atoms with Gasteiger partial charge in [0.2, 0.25) is 11.8 Å². The molecule has 0 spiro atoms. The lowest BCUT2D eigenvalue weighted by Crippen LogP contribution is -2.38. The molecular formula is C27H34N4O4S. The molecule has 1 aromatic carbocycles. The fourth-order valence-corrected chi connectivity index (χ4v) is 5.69. The summed E-state index contributed by atoms with van der Waals surface area (Å²) in [5.74, 6) is -0.297. The van der Waals surface area contributed by atoms with Crippen LogP contribution >= 0.6 is 11.8 Å². The van der Waals surface area contributed by atoms with Crippen molar-refractivity contribution >= 4 is 34.7 Å². The number of nitrogens with one attached hydrogen (secondary N) is 1. The van der Waals surface area contributed by atoms with Gasteiger partial charge in [-0.05, 0) is 51.5 Å². The van der Waals surface area contributed by atoms with E-state index in [4.69, 9.17) is 9.73 Å². The van der Waals surface area contributed by atoms with Gasteiger partial charge in [-0.3, -0.25) is 9.59 Å². The first kappa shape index (κ1) is 26.0. The molecule has 0 radical (unpaired) electrons. The first-order valence-electron chi connectivity index (χ1n) is 12.5. The number of aryl methyl sites for hydroxylation is 1. The molecular weight excluding hydrogens is 476 g/mol. The van der Waals surface area contributed by atoms with Gasteiger partial charge < -0.3 is 19.9 Å². The summed E-state index contributed by atoms with van der Waals surface area (Å²) < 4.78 is 5.60. The van der Waals surface area contributed by atoms with Crippen LogP contribution in [0.2, 0.25) is 0 Å². The van der Waals surface area contributed by atoms with Crippen LogP contribution in [0, 0.1) is 6.92 Å². The van der Waals surface area contributed by atoms with Crippen LogP contribution in [0.25, 0.3) is 0 Å². The molecule has 1 atom stereocenters. The third-order valence-corrected chi connectivity index (χ3v) is 7.25. The molecule has 3 heterocycles. The molecule has 2 amide bonds. The maximum atomic E-state index is 13.2. The van der Waals surface area contributed by atoms with Gasteiger partial charge in [0.25, 0.3) is 0 Å². The number of hydrogen-bond acceptors (Lipinski definition) is 7. The molecule has 36 heavy (non-hydrogen) atoms. The number of likely N-dealkylation sites (tertiary alicyclic amines) is 1. The van der Waals surface area contributed by atoms with Crippen molar-refractivity contribution in [2.24, 2.45) is 4.99 Å². The number of esters is 1. The van der Waals surface area contributed by atoms with Crippen molar-refractivity contribution in [3.05, 3.63) is 57.8 Å². The number of hydrogen-bond donors (Lipinski definition) is 1. The summed E-state index contributed by atoms with van der Waals surface area (Å²) in [5, 5.41) is 5.66. The normalized spacial score (nSPS) is 19.5. The average molecular weight is 511 g/mol. The molecule has 0 bridgehead atoms. The second-order valence-electron chi connectivity index (χ2n) is 9.63. The standard InChI is InChI=1S/C27H34N4O4S/c1-17(2)35-26(34)24-19(4)29-27-31(25(24)20-9-5-8-18(3)14-20)21(16-36-27)15-22(32)28-11-7-13-30-12-6-10-23(30)33/h5,8-9,14,16-17,25H,6-7,10-13,15H2,1-4H3,(H,28,32). The molecule has 0 saturated carbocycles. The number of ether oxygens (including phenoxy) is 1. The number of amidine groups is 1. The summed E-state index contributed by atoms with van der Waals surface area (Å²) in [4.78, 5) is 46.4. The first-order chi connectivity index (χ1) is 17.2. The van der Waals surface area contributed by atoms with Gasteiger partial charge in [0.15, 0.2) is 5.17 Å². The lowest BCUT2D eigenvalue weighted by atomic mass is 9.93. The fraction of sp³-hybridized carbons (Fsp3) is 0.481. The number of thioether (sulfide) groups is 1. The number of fused-ring (bicyclic) bond motifs is 1. The number of carbonyl (C=O) groups excluding carboxylic acids is 3. The van der Waals surface area contributed by atoms with E-state index in [1.807, 2.05) is 61.1 Å². The van der Waals surface area contributed by atoms with E-state index < -0.39 is 12.0 Å². The number of carbonyl (C=O) groups is 3. The van der Waals surface area contributed by atoms with Crippen LogP contribution in [-0.2, 0) is 19.1 Å². The van der Waals surface area contributed by atoms with Crippen LogP contribution in [0.15, 0.2) is 51.6 Å². The van der Waals surface area contributed by atoms with Gasteiger partial charge in [0.05, 0.1) is 29.8 Å². The predicted octanol–water partition coefficient (Wildman–Crippen LogP) is 4.04. The number of amides is 2. The van der Waals surface area contributed by atoms with Crippen LogP contribution in [0.4, 0.5) is 0 Å². The highest BCUT2D eigenvalue weighted by atomic mass is 32.2. The number of rotatable bonds is 9. The van der Waals surface area contributed by atoms with Crippen molar-refractivity contribution in [1.82, 2.24) is 15.1 Å². The Kier molecular flexibility index (Phi) is 8.18. The van der Waals surface area contributed by atoms with E-state index in [1.165, 1.54) is 11.8 Å². The SMILES string of the molecule is CC1=C(C(=O)OC(C)C)C(c2cccc(C)c2)N2C(CC(=O)NCCCN3CCCC3=O)=CSC2=N1. The quantitative estimate of drug-likeness (QED) is 0.398. The lowest BCUT2D eigenvalue weighted by molar-refractivity contribution is -0.143. The average Bonchev–Trinajstić information content (AvgIpc) is 3.40. The Morgan fingerprint density at radius 1 is 1.28 bits per heavy atom. The van der Waals surface area contributed by atoms with Crippen molar-refractivity contribution in [3.8, 4) is 0 Å². The molecule has 4 rings (SSSR count). The minimum Gasteiger partial charge on any atom is -0.459 e. The van der Waals surface area contributed by atoms with Crippen LogP contribution in [0.3, 0.4) is 0 Å². The summed E-state index contributed by atoms with van der Waals surface area (Å²) in [6.07, 6.45) is 2.18.